The van der Waals surface area contributed by atoms with Crippen molar-refractivity contribution in [1.82, 2.24) is 15.3 Å². The van der Waals surface area contributed by atoms with Crippen LogP contribution in [0.15, 0.2) is 6.07 Å². The zero-order chi connectivity index (χ0) is 17.7. The molecule has 1 aliphatic rings. The summed E-state index contributed by atoms with van der Waals surface area (Å²) in [5.41, 5.74) is 0.280. The number of sulfone groups is 1. The molecule has 1 aromatic rings. The molecule has 0 aromatic carbocycles. The largest absolute Gasteiger partial charge is 0.385 e. The first-order chi connectivity index (χ1) is 11.3. The molecule has 1 fully saturated rings. The van der Waals surface area contributed by atoms with Crippen molar-refractivity contribution >= 4 is 21.6 Å². The summed E-state index contributed by atoms with van der Waals surface area (Å²) in [4.78, 5) is 22.5. The summed E-state index contributed by atoms with van der Waals surface area (Å²) in [6.07, 6.45) is 1.29. The number of hydrogen-bond acceptors (Lipinski definition) is 7. The number of methoxy groups -OCH3 is 1. The lowest BCUT2D eigenvalue weighted by molar-refractivity contribution is 0.0943. The lowest BCUT2D eigenvalue weighted by Crippen LogP contribution is -2.34. The van der Waals surface area contributed by atoms with Crippen molar-refractivity contribution in [3.63, 3.8) is 0 Å². The average Bonchev–Trinajstić information content (AvgIpc) is 2.90. The molecule has 0 bridgehead atoms. The topological polar surface area (TPSA) is 101 Å². The Labute approximate surface area is 142 Å². The zero-order valence-corrected chi connectivity index (χ0v) is 15.1. The van der Waals surface area contributed by atoms with E-state index in [1.807, 2.05) is 4.90 Å². The predicted molar refractivity (Wildman–Crippen MR) is 91.1 cm³/mol. The number of aryl methyl sites for hydroxylation is 1. The van der Waals surface area contributed by atoms with Crippen LogP contribution in [0.25, 0.3) is 0 Å². The summed E-state index contributed by atoms with van der Waals surface area (Å²) in [7, 11) is 0.432. The Bertz CT molecular complexity index is 693. The van der Waals surface area contributed by atoms with Crippen molar-refractivity contribution < 1.29 is 17.9 Å². The van der Waals surface area contributed by atoms with Gasteiger partial charge in [-0.1, -0.05) is 0 Å². The number of carbonyl (C=O) groups is 1. The molecule has 9 heteroatoms. The quantitative estimate of drug-likeness (QED) is 0.695. The van der Waals surface area contributed by atoms with Gasteiger partial charge in [0.05, 0.1) is 11.5 Å². The first kappa shape index (κ1) is 18.6. The van der Waals surface area contributed by atoms with Crippen LogP contribution in [0.5, 0.6) is 0 Å². The van der Waals surface area contributed by atoms with Gasteiger partial charge in [-0.2, -0.15) is 0 Å². The molecular formula is C15H24N4O4S. The van der Waals surface area contributed by atoms with Crippen LogP contribution < -0.4 is 10.2 Å². The lowest BCUT2D eigenvalue weighted by atomic mass is 10.2. The van der Waals surface area contributed by atoms with E-state index in [2.05, 4.69) is 15.3 Å². The zero-order valence-electron chi connectivity index (χ0n) is 14.3. The van der Waals surface area contributed by atoms with E-state index in [1.165, 1.54) is 0 Å². The van der Waals surface area contributed by atoms with Gasteiger partial charge in [0.2, 0.25) is 0 Å². The second-order valence-corrected chi connectivity index (χ2v) is 8.16. The maximum absolute atomic E-state index is 12.2. The van der Waals surface area contributed by atoms with Crippen molar-refractivity contribution in [2.45, 2.75) is 25.8 Å². The third kappa shape index (κ3) is 4.88. The van der Waals surface area contributed by atoms with Crippen molar-refractivity contribution in [3.8, 4) is 0 Å². The monoisotopic (exact) mass is 356 g/mol. The van der Waals surface area contributed by atoms with Gasteiger partial charge in [0, 0.05) is 39.4 Å². The Balaban J connectivity index is 2.09. The minimum atomic E-state index is -2.98. The van der Waals surface area contributed by atoms with E-state index >= 15 is 0 Å². The molecule has 1 N–H and O–H groups in total. The minimum Gasteiger partial charge on any atom is -0.385 e. The first-order valence-electron chi connectivity index (χ1n) is 7.88. The Morgan fingerprint density at radius 2 is 2.21 bits per heavy atom. The van der Waals surface area contributed by atoms with E-state index in [0.717, 1.165) is 6.42 Å². The first-order valence-corrected chi connectivity index (χ1v) is 9.70. The van der Waals surface area contributed by atoms with Gasteiger partial charge in [-0.3, -0.25) is 4.79 Å². The SMILES string of the molecule is COCCCNC(=O)c1cc(N(C)C2CCS(=O)(=O)C2)nc(C)n1. The Morgan fingerprint density at radius 3 is 2.83 bits per heavy atom. The number of carbonyl (C=O) groups excluding carboxylic acids is 1. The highest BCUT2D eigenvalue weighted by atomic mass is 32.2. The molecule has 8 nitrogen and oxygen atoms in total. The van der Waals surface area contributed by atoms with Crippen LogP contribution in [0.1, 0.15) is 29.2 Å². The van der Waals surface area contributed by atoms with Gasteiger partial charge >= 0.3 is 0 Å². The summed E-state index contributed by atoms with van der Waals surface area (Å²) in [6, 6.07) is 1.48. The Morgan fingerprint density at radius 1 is 1.46 bits per heavy atom. The van der Waals surface area contributed by atoms with Crippen LogP contribution in [0.2, 0.25) is 0 Å². The summed E-state index contributed by atoms with van der Waals surface area (Å²) < 4.78 is 28.3. The van der Waals surface area contributed by atoms with Gasteiger partial charge < -0.3 is 15.0 Å². The van der Waals surface area contributed by atoms with E-state index in [-0.39, 0.29) is 29.1 Å². The van der Waals surface area contributed by atoms with Crippen LogP contribution in [-0.4, -0.2) is 69.1 Å². The van der Waals surface area contributed by atoms with Gasteiger partial charge in [-0.05, 0) is 19.8 Å². The minimum absolute atomic E-state index is 0.116. The number of ether oxygens (including phenoxy) is 1. The molecule has 134 valence electrons. The molecule has 1 aliphatic heterocycles. The summed E-state index contributed by atoms with van der Waals surface area (Å²) in [5.74, 6) is 1.07. The Hall–Kier alpha value is -1.74. The summed E-state index contributed by atoms with van der Waals surface area (Å²) in [5, 5.41) is 2.79. The van der Waals surface area contributed by atoms with Crippen LogP contribution in [0, 0.1) is 6.92 Å². The van der Waals surface area contributed by atoms with Gasteiger partial charge in [-0.15, -0.1) is 0 Å². The fraction of sp³-hybridized carbons (Fsp3) is 0.667. The molecule has 0 aliphatic carbocycles. The molecule has 1 aromatic heterocycles. The molecular weight excluding hydrogens is 332 g/mol. The van der Waals surface area contributed by atoms with Gasteiger partial charge in [0.25, 0.3) is 5.91 Å². The number of anilines is 1. The van der Waals surface area contributed by atoms with Crippen LogP contribution in [0.3, 0.4) is 0 Å². The van der Waals surface area contributed by atoms with E-state index in [0.29, 0.717) is 31.2 Å². The predicted octanol–water partition coefficient (Wildman–Crippen LogP) is 0.175. The number of rotatable bonds is 7. The molecule has 1 unspecified atom stereocenters. The van der Waals surface area contributed by atoms with E-state index in [1.54, 1.807) is 27.1 Å². The molecule has 0 saturated carbocycles. The van der Waals surface area contributed by atoms with Crippen molar-refractivity contribution in [1.29, 1.82) is 0 Å². The highest BCUT2D eigenvalue weighted by Crippen LogP contribution is 2.22. The molecule has 1 atom stereocenters. The normalized spacial score (nSPS) is 19.2. The highest BCUT2D eigenvalue weighted by Gasteiger charge is 2.31. The molecule has 24 heavy (non-hydrogen) atoms. The lowest BCUT2D eigenvalue weighted by Gasteiger charge is -2.24. The van der Waals surface area contributed by atoms with Gasteiger partial charge in [0.15, 0.2) is 9.84 Å². The number of amides is 1. The second kappa shape index (κ2) is 7.89. The van der Waals surface area contributed by atoms with Crippen molar-refractivity contribution in [3.05, 3.63) is 17.6 Å². The van der Waals surface area contributed by atoms with Crippen LogP contribution >= 0.6 is 0 Å². The van der Waals surface area contributed by atoms with Crippen LogP contribution in [-0.2, 0) is 14.6 Å². The number of hydrogen-bond donors (Lipinski definition) is 1. The summed E-state index contributed by atoms with van der Waals surface area (Å²) >= 11 is 0. The number of nitrogens with one attached hydrogen (secondary N) is 1. The van der Waals surface area contributed by atoms with Gasteiger partial charge in [-0.25, -0.2) is 18.4 Å². The molecule has 0 spiro atoms. The third-order valence-electron chi connectivity index (χ3n) is 3.99. The van der Waals surface area contributed by atoms with E-state index < -0.39 is 9.84 Å². The molecule has 1 saturated heterocycles. The van der Waals surface area contributed by atoms with Crippen LogP contribution in [0.4, 0.5) is 5.82 Å². The maximum Gasteiger partial charge on any atom is 0.270 e. The Kier molecular flexibility index (Phi) is 6.11. The fourth-order valence-electron chi connectivity index (χ4n) is 2.63. The fourth-order valence-corrected chi connectivity index (χ4v) is 4.40. The third-order valence-corrected chi connectivity index (χ3v) is 5.74. The second-order valence-electron chi connectivity index (χ2n) is 5.93. The smallest absolute Gasteiger partial charge is 0.270 e. The highest BCUT2D eigenvalue weighted by molar-refractivity contribution is 7.91. The molecule has 2 heterocycles. The number of nitrogens with zero attached hydrogens (tertiary/aromatic N) is 3. The summed E-state index contributed by atoms with van der Waals surface area (Å²) in [6.45, 7) is 2.79. The standard InChI is InChI=1S/C15H24N4O4S/c1-11-17-13(15(20)16-6-4-7-23-3)9-14(18-11)19(2)12-5-8-24(21,22)10-12/h9,12H,4-8,10H2,1-3H3,(H,16,20). The molecule has 0 radical (unpaired) electrons. The number of aromatic nitrogens is 2. The van der Waals surface area contributed by atoms with Crippen molar-refractivity contribution in [2.24, 2.45) is 0 Å². The van der Waals surface area contributed by atoms with Crippen molar-refractivity contribution in [2.75, 3.05) is 43.7 Å². The van der Waals surface area contributed by atoms with Gasteiger partial charge in [0.1, 0.15) is 17.3 Å². The van der Waals surface area contributed by atoms with E-state index in [4.69, 9.17) is 4.74 Å². The average molecular weight is 356 g/mol. The molecule has 2 rings (SSSR count). The van der Waals surface area contributed by atoms with E-state index in [9.17, 15) is 13.2 Å². The maximum atomic E-state index is 12.2. The molecule has 1 amide bonds.